The van der Waals surface area contributed by atoms with Gasteiger partial charge in [0.2, 0.25) is 0 Å². The highest BCUT2D eigenvalue weighted by Gasteiger charge is 2.31. The molecule has 96 valence electrons. The molecule has 1 heteroatoms. The fourth-order valence-electron chi connectivity index (χ4n) is 3.16. The van der Waals surface area contributed by atoms with Crippen LogP contribution >= 0.6 is 15.9 Å². The van der Waals surface area contributed by atoms with Crippen molar-refractivity contribution in [2.75, 3.05) is 0 Å². The van der Waals surface area contributed by atoms with Crippen molar-refractivity contribution in [1.29, 1.82) is 0 Å². The molecule has 0 aromatic heterocycles. The number of hydrogen-bond donors (Lipinski definition) is 0. The average molecular weight is 289 g/mol. The molecular formula is C15H29Br. The molecule has 0 amide bonds. The van der Waals surface area contributed by atoms with Gasteiger partial charge in [0.1, 0.15) is 0 Å². The smallest absolute Gasteiger partial charge is 0.0174 e. The molecule has 0 nitrogen and oxygen atoms in total. The van der Waals surface area contributed by atoms with Gasteiger partial charge in [-0.25, -0.2) is 0 Å². The van der Waals surface area contributed by atoms with Gasteiger partial charge in [0.25, 0.3) is 0 Å². The van der Waals surface area contributed by atoms with Crippen LogP contribution in [0.15, 0.2) is 0 Å². The fourth-order valence-corrected chi connectivity index (χ4v) is 3.86. The second-order valence-corrected chi connectivity index (χ2v) is 7.19. The third-order valence-corrected chi connectivity index (χ3v) is 5.87. The van der Waals surface area contributed by atoms with Crippen LogP contribution in [0.25, 0.3) is 0 Å². The predicted molar refractivity (Wildman–Crippen MR) is 77.1 cm³/mol. The van der Waals surface area contributed by atoms with E-state index in [2.05, 4.69) is 43.6 Å². The van der Waals surface area contributed by atoms with Gasteiger partial charge >= 0.3 is 0 Å². The Morgan fingerprint density at radius 1 is 1.12 bits per heavy atom. The number of hydrogen-bond acceptors (Lipinski definition) is 0. The minimum atomic E-state index is 0.795. The highest BCUT2D eigenvalue weighted by Crippen LogP contribution is 2.40. The summed E-state index contributed by atoms with van der Waals surface area (Å²) in [6, 6.07) is 0. The maximum atomic E-state index is 3.92. The zero-order valence-corrected chi connectivity index (χ0v) is 13.1. The fraction of sp³-hybridized carbons (Fsp3) is 1.00. The second-order valence-electron chi connectivity index (χ2n) is 6.01. The normalized spacial score (nSPS) is 31.3. The third kappa shape index (κ3) is 4.05. The van der Waals surface area contributed by atoms with Crippen molar-refractivity contribution < 1.29 is 0 Å². The summed E-state index contributed by atoms with van der Waals surface area (Å²) in [5.41, 5.74) is 0. The topological polar surface area (TPSA) is 0 Å². The first kappa shape index (κ1) is 14.5. The van der Waals surface area contributed by atoms with E-state index in [1.165, 1.54) is 38.5 Å². The number of rotatable bonds is 5. The Balaban J connectivity index is 2.49. The lowest BCUT2D eigenvalue weighted by atomic mass is 9.73. The standard InChI is InChI=1S/C15H29Br/c1-5-12(6-2)9-14-10-13(11(3)4)7-8-15(14)16/h11-15H,5-10H2,1-4H3. The van der Waals surface area contributed by atoms with Crippen LogP contribution in [0.3, 0.4) is 0 Å². The molecule has 1 aliphatic carbocycles. The van der Waals surface area contributed by atoms with Crippen molar-refractivity contribution in [2.45, 2.75) is 71.0 Å². The molecular weight excluding hydrogens is 260 g/mol. The molecule has 0 radical (unpaired) electrons. The molecule has 1 fully saturated rings. The molecule has 1 rings (SSSR count). The van der Waals surface area contributed by atoms with Gasteiger partial charge < -0.3 is 0 Å². The molecule has 3 unspecified atom stereocenters. The first-order chi connectivity index (χ1) is 7.58. The van der Waals surface area contributed by atoms with Gasteiger partial charge in [-0.3, -0.25) is 0 Å². The zero-order valence-electron chi connectivity index (χ0n) is 11.5. The van der Waals surface area contributed by atoms with Gasteiger partial charge in [0.05, 0.1) is 0 Å². The Bertz CT molecular complexity index is 182. The van der Waals surface area contributed by atoms with E-state index in [4.69, 9.17) is 0 Å². The number of alkyl halides is 1. The van der Waals surface area contributed by atoms with E-state index in [1.807, 2.05) is 0 Å². The lowest BCUT2D eigenvalue weighted by Crippen LogP contribution is -2.29. The Labute approximate surface area is 111 Å². The van der Waals surface area contributed by atoms with Gasteiger partial charge in [-0.1, -0.05) is 56.5 Å². The molecule has 0 spiro atoms. The summed E-state index contributed by atoms with van der Waals surface area (Å²) in [5.74, 6) is 3.75. The monoisotopic (exact) mass is 288 g/mol. The third-order valence-electron chi connectivity index (χ3n) is 4.66. The van der Waals surface area contributed by atoms with Gasteiger partial charge in [-0.15, -0.1) is 0 Å². The van der Waals surface area contributed by atoms with Gasteiger partial charge in [0, 0.05) is 4.83 Å². The van der Waals surface area contributed by atoms with Crippen molar-refractivity contribution in [3.63, 3.8) is 0 Å². The summed E-state index contributed by atoms with van der Waals surface area (Å²) in [6.45, 7) is 9.49. The maximum Gasteiger partial charge on any atom is 0.0174 e. The zero-order chi connectivity index (χ0) is 12.1. The van der Waals surface area contributed by atoms with Crippen LogP contribution in [0.2, 0.25) is 0 Å². The van der Waals surface area contributed by atoms with Crippen LogP contribution in [0.4, 0.5) is 0 Å². The SMILES string of the molecule is CCC(CC)CC1CC(C(C)C)CCC1Br. The minimum absolute atomic E-state index is 0.795. The summed E-state index contributed by atoms with van der Waals surface area (Å²) in [6.07, 6.45) is 8.47. The van der Waals surface area contributed by atoms with E-state index in [-0.39, 0.29) is 0 Å². The highest BCUT2D eigenvalue weighted by atomic mass is 79.9. The van der Waals surface area contributed by atoms with E-state index in [0.29, 0.717) is 0 Å². The second kappa shape index (κ2) is 7.03. The molecule has 0 aliphatic heterocycles. The Morgan fingerprint density at radius 2 is 1.75 bits per heavy atom. The maximum absolute atomic E-state index is 3.92. The van der Waals surface area contributed by atoms with Gasteiger partial charge in [0.15, 0.2) is 0 Å². The van der Waals surface area contributed by atoms with E-state index >= 15 is 0 Å². The molecule has 3 atom stereocenters. The van der Waals surface area contributed by atoms with Crippen LogP contribution in [-0.4, -0.2) is 4.83 Å². The molecule has 0 heterocycles. The molecule has 0 N–H and O–H groups in total. The Kier molecular flexibility index (Phi) is 6.39. The van der Waals surface area contributed by atoms with E-state index in [0.717, 1.165) is 28.5 Å². The van der Waals surface area contributed by atoms with Crippen LogP contribution in [-0.2, 0) is 0 Å². The average Bonchev–Trinajstić information content (AvgIpc) is 2.27. The summed E-state index contributed by atoms with van der Waals surface area (Å²) >= 11 is 3.92. The van der Waals surface area contributed by atoms with Crippen molar-refractivity contribution in [2.24, 2.45) is 23.7 Å². The van der Waals surface area contributed by atoms with Gasteiger partial charge in [-0.05, 0) is 49.4 Å². The lowest BCUT2D eigenvalue weighted by molar-refractivity contribution is 0.194. The predicted octanol–water partition coefficient (Wildman–Crippen LogP) is 5.65. The molecule has 0 bridgehead atoms. The summed E-state index contributed by atoms with van der Waals surface area (Å²) in [5, 5.41) is 0. The van der Waals surface area contributed by atoms with Gasteiger partial charge in [-0.2, -0.15) is 0 Å². The van der Waals surface area contributed by atoms with Crippen molar-refractivity contribution in [3.8, 4) is 0 Å². The first-order valence-electron chi connectivity index (χ1n) is 7.22. The molecule has 0 saturated heterocycles. The molecule has 0 aromatic carbocycles. The van der Waals surface area contributed by atoms with Crippen LogP contribution < -0.4 is 0 Å². The molecule has 1 aliphatic rings. The minimum Gasteiger partial charge on any atom is -0.0888 e. The molecule has 0 aromatic rings. The van der Waals surface area contributed by atoms with E-state index in [9.17, 15) is 0 Å². The Morgan fingerprint density at radius 3 is 2.25 bits per heavy atom. The van der Waals surface area contributed by atoms with Crippen molar-refractivity contribution >= 4 is 15.9 Å². The Hall–Kier alpha value is 0.480. The first-order valence-corrected chi connectivity index (χ1v) is 8.14. The summed E-state index contributed by atoms with van der Waals surface area (Å²) < 4.78 is 0. The molecule has 16 heavy (non-hydrogen) atoms. The largest absolute Gasteiger partial charge is 0.0888 e. The van der Waals surface area contributed by atoms with Crippen molar-refractivity contribution in [1.82, 2.24) is 0 Å². The summed E-state index contributed by atoms with van der Waals surface area (Å²) in [4.78, 5) is 0.795. The molecule has 1 saturated carbocycles. The van der Waals surface area contributed by atoms with E-state index in [1.54, 1.807) is 0 Å². The lowest BCUT2D eigenvalue weighted by Gasteiger charge is -2.36. The van der Waals surface area contributed by atoms with Crippen LogP contribution in [0.5, 0.6) is 0 Å². The van der Waals surface area contributed by atoms with E-state index < -0.39 is 0 Å². The summed E-state index contributed by atoms with van der Waals surface area (Å²) in [7, 11) is 0. The quantitative estimate of drug-likeness (QED) is 0.574. The van der Waals surface area contributed by atoms with Crippen molar-refractivity contribution in [3.05, 3.63) is 0 Å². The van der Waals surface area contributed by atoms with Crippen LogP contribution in [0, 0.1) is 23.7 Å². The number of halogens is 1. The highest BCUT2D eigenvalue weighted by molar-refractivity contribution is 9.09. The van der Waals surface area contributed by atoms with Crippen LogP contribution in [0.1, 0.15) is 66.2 Å².